The molecule has 0 spiro atoms. The Balaban J connectivity index is 3.23. The number of sulfonamides is 1. The lowest BCUT2D eigenvalue weighted by Crippen LogP contribution is -2.32. The summed E-state index contributed by atoms with van der Waals surface area (Å²) in [7, 11) is -3.85. The highest BCUT2D eigenvalue weighted by Crippen LogP contribution is 2.20. The number of halogens is 1. The Morgan fingerprint density at radius 3 is 2.35 bits per heavy atom. The summed E-state index contributed by atoms with van der Waals surface area (Å²) in [6, 6.07) is 2.82. The van der Waals surface area contributed by atoms with E-state index in [2.05, 4.69) is 0 Å². The van der Waals surface area contributed by atoms with Gasteiger partial charge in [-0.15, -0.1) is 0 Å². The molecule has 128 valence electrons. The normalized spacial score (nSPS) is 12.9. The number of carbonyl (C=O) groups is 2. The van der Waals surface area contributed by atoms with Gasteiger partial charge in [-0.2, -0.15) is 4.31 Å². The quantitative estimate of drug-likeness (QED) is 0.738. The second-order valence-electron chi connectivity index (χ2n) is 4.68. The van der Waals surface area contributed by atoms with Crippen LogP contribution >= 0.6 is 0 Å². The number of hydrogen-bond acceptors (Lipinski definition) is 5. The molecule has 1 aromatic rings. The first-order valence-electron chi connectivity index (χ1n) is 6.95. The van der Waals surface area contributed by atoms with E-state index in [1.54, 1.807) is 13.8 Å². The third-order valence-electron chi connectivity index (χ3n) is 3.19. The molecule has 0 aromatic heterocycles. The molecular formula is C14H19FN2O5S. The Hall–Kier alpha value is -2.00. The van der Waals surface area contributed by atoms with E-state index in [9.17, 15) is 22.4 Å². The lowest BCUT2D eigenvalue weighted by Gasteiger charge is -2.19. The van der Waals surface area contributed by atoms with E-state index < -0.39 is 39.4 Å². The van der Waals surface area contributed by atoms with E-state index in [-0.39, 0.29) is 18.0 Å². The first-order valence-corrected chi connectivity index (χ1v) is 8.39. The highest BCUT2D eigenvalue weighted by Gasteiger charge is 2.26. The fourth-order valence-electron chi connectivity index (χ4n) is 1.82. The van der Waals surface area contributed by atoms with Crippen molar-refractivity contribution < 1.29 is 27.1 Å². The summed E-state index contributed by atoms with van der Waals surface area (Å²) in [5, 5.41) is 0. The fourth-order valence-corrected chi connectivity index (χ4v) is 3.30. The molecule has 1 aromatic carbocycles. The monoisotopic (exact) mass is 346 g/mol. The maximum Gasteiger partial charge on any atom is 0.341 e. The summed E-state index contributed by atoms with van der Waals surface area (Å²) >= 11 is 0. The average molecular weight is 346 g/mol. The average Bonchev–Trinajstić information content (AvgIpc) is 2.48. The number of hydrogen-bond donors (Lipinski definition) is 1. The van der Waals surface area contributed by atoms with Crippen molar-refractivity contribution in [3.63, 3.8) is 0 Å². The standard InChI is InChI=1S/C14H19FN2O5S/c1-4-17(5-2)23(20,21)10-6-7-12(15)11(8-10)14(19)22-9(3)13(16)18/h6-9H,4-5H2,1-3H3,(H2,16,18)/t9-/m0/s1. The van der Waals surface area contributed by atoms with Crippen LogP contribution in [-0.2, 0) is 19.6 Å². The van der Waals surface area contributed by atoms with Crippen LogP contribution in [0.15, 0.2) is 23.1 Å². The van der Waals surface area contributed by atoms with Crippen LogP contribution < -0.4 is 5.73 Å². The fraction of sp³-hybridized carbons (Fsp3) is 0.429. The van der Waals surface area contributed by atoms with Gasteiger partial charge in [0.25, 0.3) is 5.91 Å². The molecule has 0 radical (unpaired) electrons. The highest BCUT2D eigenvalue weighted by molar-refractivity contribution is 7.89. The van der Waals surface area contributed by atoms with Crippen molar-refractivity contribution in [2.75, 3.05) is 13.1 Å². The SMILES string of the molecule is CCN(CC)S(=O)(=O)c1ccc(F)c(C(=O)O[C@@H](C)C(N)=O)c1. The van der Waals surface area contributed by atoms with E-state index in [1.807, 2.05) is 0 Å². The first kappa shape index (κ1) is 19.0. The first-order chi connectivity index (χ1) is 10.6. The molecule has 1 amide bonds. The summed E-state index contributed by atoms with van der Waals surface area (Å²) in [5.41, 5.74) is 4.39. The van der Waals surface area contributed by atoms with Crippen molar-refractivity contribution in [1.82, 2.24) is 4.31 Å². The van der Waals surface area contributed by atoms with Gasteiger partial charge in [-0.3, -0.25) is 4.79 Å². The Kier molecular flexibility index (Phi) is 6.22. The van der Waals surface area contributed by atoms with Gasteiger partial charge in [-0.25, -0.2) is 17.6 Å². The maximum atomic E-state index is 13.8. The van der Waals surface area contributed by atoms with Gasteiger partial charge in [0.15, 0.2) is 6.10 Å². The number of amides is 1. The highest BCUT2D eigenvalue weighted by atomic mass is 32.2. The van der Waals surface area contributed by atoms with Gasteiger partial charge in [0.1, 0.15) is 5.82 Å². The Morgan fingerprint density at radius 1 is 1.30 bits per heavy atom. The summed E-state index contributed by atoms with van der Waals surface area (Å²) in [4.78, 5) is 22.5. The predicted octanol–water partition coefficient (Wildman–Crippen LogP) is 0.887. The van der Waals surface area contributed by atoms with E-state index >= 15 is 0 Å². The van der Waals surface area contributed by atoms with Crippen molar-refractivity contribution in [1.29, 1.82) is 0 Å². The van der Waals surface area contributed by atoms with Gasteiger partial charge in [0.2, 0.25) is 10.0 Å². The number of rotatable bonds is 7. The lowest BCUT2D eigenvalue weighted by atomic mass is 10.2. The second-order valence-corrected chi connectivity index (χ2v) is 6.62. The third kappa shape index (κ3) is 4.26. The number of carbonyl (C=O) groups excluding carboxylic acids is 2. The molecule has 1 rings (SSSR count). The number of ether oxygens (including phenoxy) is 1. The Bertz CT molecular complexity index is 701. The summed E-state index contributed by atoms with van der Waals surface area (Å²) in [6.45, 7) is 5.01. The molecule has 0 aliphatic heterocycles. The van der Waals surface area contributed by atoms with Crippen LogP contribution in [-0.4, -0.2) is 43.8 Å². The summed E-state index contributed by atoms with van der Waals surface area (Å²) in [5.74, 6) is -3.01. The van der Waals surface area contributed by atoms with Crippen molar-refractivity contribution >= 4 is 21.9 Å². The van der Waals surface area contributed by atoms with Crippen LogP contribution in [0.4, 0.5) is 4.39 Å². The van der Waals surface area contributed by atoms with Crippen LogP contribution in [0.25, 0.3) is 0 Å². The van der Waals surface area contributed by atoms with Crippen LogP contribution in [0.1, 0.15) is 31.1 Å². The van der Waals surface area contributed by atoms with E-state index in [0.717, 1.165) is 18.2 Å². The van der Waals surface area contributed by atoms with Crippen LogP contribution in [0.3, 0.4) is 0 Å². The molecule has 9 heteroatoms. The van der Waals surface area contributed by atoms with E-state index in [0.29, 0.717) is 0 Å². The molecular weight excluding hydrogens is 327 g/mol. The largest absolute Gasteiger partial charge is 0.449 e. The van der Waals surface area contributed by atoms with Gasteiger partial charge < -0.3 is 10.5 Å². The van der Waals surface area contributed by atoms with Gasteiger partial charge in [-0.05, 0) is 25.1 Å². The van der Waals surface area contributed by atoms with Crippen molar-refractivity contribution in [2.24, 2.45) is 5.73 Å². The third-order valence-corrected chi connectivity index (χ3v) is 5.23. The van der Waals surface area contributed by atoms with Crippen LogP contribution in [0, 0.1) is 5.82 Å². The molecule has 7 nitrogen and oxygen atoms in total. The summed E-state index contributed by atoms with van der Waals surface area (Å²) < 4.78 is 44.4. The number of nitrogens with two attached hydrogens (primary N) is 1. The van der Waals surface area contributed by atoms with Crippen molar-refractivity contribution in [3.05, 3.63) is 29.6 Å². The molecule has 2 N–H and O–H groups in total. The minimum atomic E-state index is -3.85. The molecule has 0 saturated heterocycles. The number of primary amides is 1. The second kappa shape index (κ2) is 7.51. The van der Waals surface area contributed by atoms with Crippen LogP contribution in [0.5, 0.6) is 0 Å². The zero-order valence-electron chi connectivity index (χ0n) is 13.1. The van der Waals surface area contributed by atoms with Gasteiger partial charge in [0.05, 0.1) is 10.5 Å². The molecule has 1 atom stereocenters. The zero-order chi connectivity index (χ0) is 17.8. The van der Waals surface area contributed by atoms with Crippen molar-refractivity contribution in [3.8, 4) is 0 Å². The number of nitrogens with zero attached hydrogens (tertiary/aromatic N) is 1. The molecule has 23 heavy (non-hydrogen) atoms. The molecule has 0 fully saturated rings. The lowest BCUT2D eigenvalue weighted by molar-refractivity contribution is -0.125. The number of benzene rings is 1. The maximum absolute atomic E-state index is 13.8. The van der Waals surface area contributed by atoms with Crippen molar-refractivity contribution in [2.45, 2.75) is 31.8 Å². The molecule has 0 aliphatic carbocycles. The molecule has 0 heterocycles. The molecule has 0 unspecified atom stereocenters. The number of esters is 1. The Labute approximate surface area is 134 Å². The topological polar surface area (TPSA) is 107 Å². The zero-order valence-corrected chi connectivity index (χ0v) is 13.9. The molecule has 0 saturated carbocycles. The van der Waals surface area contributed by atoms with Crippen LogP contribution in [0.2, 0.25) is 0 Å². The minimum Gasteiger partial charge on any atom is -0.449 e. The Morgan fingerprint density at radius 2 is 1.87 bits per heavy atom. The van der Waals surface area contributed by atoms with Gasteiger partial charge in [-0.1, -0.05) is 13.8 Å². The molecule has 0 aliphatic rings. The minimum absolute atomic E-state index is 0.231. The van der Waals surface area contributed by atoms with E-state index in [1.165, 1.54) is 11.2 Å². The summed E-state index contributed by atoms with van der Waals surface area (Å²) in [6.07, 6.45) is -1.26. The predicted molar refractivity (Wildman–Crippen MR) is 80.6 cm³/mol. The molecule has 0 bridgehead atoms. The van der Waals surface area contributed by atoms with Gasteiger partial charge in [0, 0.05) is 13.1 Å². The van der Waals surface area contributed by atoms with Gasteiger partial charge >= 0.3 is 5.97 Å². The van der Waals surface area contributed by atoms with E-state index in [4.69, 9.17) is 10.5 Å². The smallest absolute Gasteiger partial charge is 0.341 e.